The molecular formula is C22H15BrN2O2. The van der Waals surface area contributed by atoms with Gasteiger partial charge in [0.2, 0.25) is 0 Å². The third-order valence-electron chi connectivity index (χ3n) is 4.18. The van der Waals surface area contributed by atoms with Crippen molar-refractivity contribution < 1.29 is 5.11 Å². The molecule has 0 aliphatic heterocycles. The van der Waals surface area contributed by atoms with Gasteiger partial charge in [-0.05, 0) is 48.0 Å². The molecule has 0 saturated heterocycles. The largest absolute Gasteiger partial charge is 0.508 e. The number of aromatic hydroxyl groups is 1. The summed E-state index contributed by atoms with van der Waals surface area (Å²) in [5.41, 5.74) is 2.01. The zero-order valence-electron chi connectivity index (χ0n) is 14.2. The van der Waals surface area contributed by atoms with Crippen molar-refractivity contribution >= 4 is 39.0 Å². The van der Waals surface area contributed by atoms with Crippen molar-refractivity contribution in [2.24, 2.45) is 0 Å². The molecule has 1 heterocycles. The lowest BCUT2D eigenvalue weighted by Gasteiger charge is -2.11. The molecule has 0 spiro atoms. The first kappa shape index (κ1) is 17.2. The van der Waals surface area contributed by atoms with Gasteiger partial charge in [0.1, 0.15) is 11.6 Å². The number of para-hydroxylation sites is 1. The summed E-state index contributed by atoms with van der Waals surface area (Å²) < 4.78 is 2.51. The Morgan fingerprint density at radius 1 is 0.926 bits per heavy atom. The molecular weight excluding hydrogens is 404 g/mol. The first-order chi connectivity index (χ1) is 13.1. The van der Waals surface area contributed by atoms with E-state index in [1.165, 1.54) is 4.57 Å². The SMILES string of the molecule is O=c1c2ccccc2nc(/C=C\c2ccc(Br)cc2)n1-c1cccc(O)c1. The van der Waals surface area contributed by atoms with Crippen molar-refractivity contribution in [3.8, 4) is 11.4 Å². The van der Waals surface area contributed by atoms with Crippen LogP contribution in [0.4, 0.5) is 0 Å². The fourth-order valence-corrected chi connectivity index (χ4v) is 3.15. The number of rotatable bonds is 3. The number of nitrogens with zero attached hydrogens (tertiary/aromatic N) is 2. The predicted octanol–water partition coefficient (Wildman–Crippen LogP) is 5.02. The van der Waals surface area contributed by atoms with Crippen LogP contribution in [0.2, 0.25) is 0 Å². The second-order valence-corrected chi connectivity index (χ2v) is 6.95. The summed E-state index contributed by atoms with van der Waals surface area (Å²) in [6.07, 6.45) is 3.71. The van der Waals surface area contributed by atoms with Gasteiger partial charge in [0.25, 0.3) is 5.56 Å². The highest BCUT2D eigenvalue weighted by Gasteiger charge is 2.11. The molecule has 0 saturated carbocycles. The molecule has 1 aromatic heterocycles. The van der Waals surface area contributed by atoms with Gasteiger partial charge in [0, 0.05) is 10.5 Å². The first-order valence-corrected chi connectivity index (χ1v) is 9.16. The molecule has 4 rings (SSSR count). The van der Waals surface area contributed by atoms with Crippen LogP contribution in [-0.2, 0) is 0 Å². The minimum absolute atomic E-state index is 0.0930. The van der Waals surface area contributed by atoms with E-state index in [-0.39, 0.29) is 11.3 Å². The summed E-state index contributed by atoms with van der Waals surface area (Å²) in [5.74, 6) is 0.586. The van der Waals surface area contributed by atoms with Crippen LogP contribution in [0.25, 0.3) is 28.7 Å². The number of halogens is 1. The van der Waals surface area contributed by atoms with E-state index < -0.39 is 0 Å². The van der Waals surface area contributed by atoms with E-state index in [1.54, 1.807) is 36.4 Å². The lowest BCUT2D eigenvalue weighted by atomic mass is 10.2. The molecule has 0 fully saturated rings. The molecule has 0 atom stereocenters. The van der Waals surface area contributed by atoms with Crippen molar-refractivity contribution in [2.75, 3.05) is 0 Å². The van der Waals surface area contributed by atoms with E-state index in [4.69, 9.17) is 0 Å². The minimum atomic E-state index is -0.179. The van der Waals surface area contributed by atoms with Gasteiger partial charge in [0.15, 0.2) is 0 Å². The van der Waals surface area contributed by atoms with E-state index in [2.05, 4.69) is 20.9 Å². The van der Waals surface area contributed by atoms with Crippen LogP contribution < -0.4 is 5.56 Å². The van der Waals surface area contributed by atoms with E-state index in [1.807, 2.05) is 48.5 Å². The second kappa shape index (κ2) is 7.21. The van der Waals surface area contributed by atoms with E-state index in [0.717, 1.165) is 10.0 Å². The van der Waals surface area contributed by atoms with Gasteiger partial charge in [-0.1, -0.05) is 52.3 Å². The van der Waals surface area contributed by atoms with Crippen molar-refractivity contribution in [3.63, 3.8) is 0 Å². The molecule has 1 N–H and O–H groups in total. The normalized spacial score (nSPS) is 11.3. The van der Waals surface area contributed by atoms with Gasteiger partial charge in [-0.25, -0.2) is 4.98 Å². The third kappa shape index (κ3) is 3.55. The Kier molecular flexibility index (Phi) is 4.60. The summed E-state index contributed by atoms with van der Waals surface area (Å²) in [6, 6.07) is 21.7. The Labute approximate surface area is 164 Å². The Morgan fingerprint density at radius 2 is 1.70 bits per heavy atom. The molecule has 0 unspecified atom stereocenters. The zero-order chi connectivity index (χ0) is 18.8. The quantitative estimate of drug-likeness (QED) is 0.507. The monoisotopic (exact) mass is 418 g/mol. The number of benzene rings is 3. The number of hydrogen-bond donors (Lipinski definition) is 1. The van der Waals surface area contributed by atoms with Crippen LogP contribution >= 0.6 is 15.9 Å². The highest BCUT2D eigenvalue weighted by atomic mass is 79.9. The first-order valence-electron chi connectivity index (χ1n) is 8.37. The molecule has 5 heteroatoms. The molecule has 0 amide bonds. The van der Waals surface area contributed by atoms with Crippen molar-refractivity contribution in [1.29, 1.82) is 0 Å². The summed E-state index contributed by atoms with van der Waals surface area (Å²) in [6.45, 7) is 0. The smallest absolute Gasteiger partial charge is 0.266 e. The predicted molar refractivity (Wildman–Crippen MR) is 112 cm³/mol. The Bertz CT molecular complexity index is 1210. The van der Waals surface area contributed by atoms with Crippen LogP contribution in [0.1, 0.15) is 11.4 Å². The van der Waals surface area contributed by atoms with Crippen LogP contribution in [0, 0.1) is 0 Å². The lowest BCUT2D eigenvalue weighted by Crippen LogP contribution is -2.22. The van der Waals surface area contributed by atoms with Gasteiger partial charge >= 0.3 is 0 Å². The highest BCUT2D eigenvalue weighted by Crippen LogP contribution is 2.19. The van der Waals surface area contributed by atoms with E-state index >= 15 is 0 Å². The summed E-state index contributed by atoms with van der Waals surface area (Å²) in [7, 11) is 0. The summed E-state index contributed by atoms with van der Waals surface area (Å²) in [5, 5.41) is 10.4. The molecule has 4 aromatic rings. The van der Waals surface area contributed by atoms with Crippen LogP contribution in [0.15, 0.2) is 82.1 Å². The third-order valence-corrected chi connectivity index (χ3v) is 4.71. The Morgan fingerprint density at radius 3 is 2.48 bits per heavy atom. The number of hydrogen-bond acceptors (Lipinski definition) is 3. The highest BCUT2D eigenvalue weighted by molar-refractivity contribution is 9.10. The fraction of sp³-hybridized carbons (Fsp3) is 0. The molecule has 132 valence electrons. The number of phenolic OH excluding ortho intramolecular Hbond substituents is 1. The molecule has 0 radical (unpaired) electrons. The average Bonchev–Trinajstić information content (AvgIpc) is 2.68. The Hall–Kier alpha value is -3.18. The summed E-state index contributed by atoms with van der Waals surface area (Å²) >= 11 is 3.42. The van der Waals surface area contributed by atoms with E-state index in [9.17, 15) is 9.90 Å². The average molecular weight is 419 g/mol. The fourth-order valence-electron chi connectivity index (χ4n) is 2.89. The second-order valence-electron chi connectivity index (χ2n) is 6.03. The summed E-state index contributed by atoms with van der Waals surface area (Å²) in [4.78, 5) is 17.8. The van der Waals surface area contributed by atoms with Gasteiger partial charge in [-0.15, -0.1) is 0 Å². The number of phenols is 1. The number of fused-ring (bicyclic) bond motifs is 1. The van der Waals surface area contributed by atoms with Crippen molar-refractivity contribution in [1.82, 2.24) is 9.55 Å². The van der Waals surface area contributed by atoms with Crippen molar-refractivity contribution in [2.45, 2.75) is 0 Å². The number of aromatic nitrogens is 2. The van der Waals surface area contributed by atoms with E-state index in [0.29, 0.717) is 22.4 Å². The van der Waals surface area contributed by atoms with Crippen LogP contribution in [-0.4, -0.2) is 14.7 Å². The topological polar surface area (TPSA) is 55.1 Å². The maximum Gasteiger partial charge on any atom is 0.266 e. The van der Waals surface area contributed by atoms with Gasteiger partial charge in [-0.3, -0.25) is 9.36 Å². The van der Waals surface area contributed by atoms with Crippen LogP contribution in [0.5, 0.6) is 5.75 Å². The van der Waals surface area contributed by atoms with Crippen LogP contribution in [0.3, 0.4) is 0 Å². The molecule has 4 nitrogen and oxygen atoms in total. The maximum atomic E-state index is 13.1. The lowest BCUT2D eigenvalue weighted by molar-refractivity contribution is 0.475. The Balaban J connectivity index is 1.93. The maximum absolute atomic E-state index is 13.1. The van der Waals surface area contributed by atoms with Crippen molar-refractivity contribution in [3.05, 3.63) is 99.0 Å². The molecule has 0 aliphatic carbocycles. The zero-order valence-corrected chi connectivity index (χ0v) is 15.8. The molecule has 0 bridgehead atoms. The molecule has 3 aromatic carbocycles. The van der Waals surface area contributed by atoms with Gasteiger partial charge in [0.05, 0.1) is 16.6 Å². The standard InChI is InChI=1S/C22H15BrN2O2/c23-16-11-8-15(9-12-16)10-13-21-24-20-7-2-1-6-19(20)22(27)25(21)17-4-3-5-18(26)14-17/h1-14,26H/b13-10-. The molecule has 0 aliphatic rings. The minimum Gasteiger partial charge on any atom is -0.508 e. The van der Waals surface area contributed by atoms with Gasteiger partial charge in [-0.2, -0.15) is 0 Å². The van der Waals surface area contributed by atoms with Gasteiger partial charge < -0.3 is 5.11 Å². The molecule has 27 heavy (non-hydrogen) atoms.